The Bertz CT molecular complexity index is 572. The lowest BCUT2D eigenvalue weighted by Crippen LogP contribution is -2.01. The van der Waals surface area contributed by atoms with Gasteiger partial charge in [0.25, 0.3) is 0 Å². The number of halogens is 2. The van der Waals surface area contributed by atoms with E-state index in [1.165, 1.54) is 12.1 Å². The van der Waals surface area contributed by atoms with Crippen LogP contribution in [0.3, 0.4) is 0 Å². The van der Waals surface area contributed by atoms with Crippen molar-refractivity contribution in [3.05, 3.63) is 58.4 Å². The average molecular weight is 266 g/mol. The summed E-state index contributed by atoms with van der Waals surface area (Å²) >= 11 is 5.80. The number of nitrogens with two attached hydrogens (primary N) is 1. The molecule has 0 heterocycles. The quantitative estimate of drug-likeness (QED) is 0.853. The average Bonchev–Trinajstić information content (AvgIpc) is 2.32. The number of ether oxygens (including phenoxy) is 1. The molecule has 0 fully saturated rings. The smallest absolute Gasteiger partial charge is 0.142 e. The minimum Gasteiger partial charge on any atom is -0.487 e. The maximum Gasteiger partial charge on any atom is 0.142 e. The first kappa shape index (κ1) is 12.7. The van der Waals surface area contributed by atoms with E-state index in [4.69, 9.17) is 22.1 Å². The maximum absolute atomic E-state index is 13.5. The summed E-state index contributed by atoms with van der Waals surface area (Å²) in [4.78, 5) is 0. The van der Waals surface area contributed by atoms with Gasteiger partial charge in [-0.3, -0.25) is 0 Å². The minimum absolute atomic E-state index is 0.0969. The van der Waals surface area contributed by atoms with Gasteiger partial charge in [0.2, 0.25) is 0 Å². The Hall–Kier alpha value is -1.74. The molecule has 0 spiro atoms. The van der Waals surface area contributed by atoms with E-state index in [0.717, 1.165) is 5.56 Å². The molecule has 2 aromatic rings. The number of hydrogen-bond acceptors (Lipinski definition) is 2. The molecule has 2 aromatic carbocycles. The summed E-state index contributed by atoms with van der Waals surface area (Å²) in [6.45, 7) is 2.04. The van der Waals surface area contributed by atoms with Crippen molar-refractivity contribution in [3.8, 4) is 5.75 Å². The molecule has 0 saturated heterocycles. The second kappa shape index (κ2) is 5.27. The first-order valence-electron chi connectivity index (χ1n) is 5.49. The summed E-state index contributed by atoms with van der Waals surface area (Å²) < 4.78 is 19.0. The summed E-state index contributed by atoms with van der Waals surface area (Å²) in [6, 6.07) is 9.83. The fraction of sp³-hybridized carbons (Fsp3) is 0.143. The van der Waals surface area contributed by atoms with E-state index in [-0.39, 0.29) is 12.4 Å². The molecule has 0 aliphatic heterocycles. The largest absolute Gasteiger partial charge is 0.487 e. The van der Waals surface area contributed by atoms with Gasteiger partial charge < -0.3 is 10.5 Å². The zero-order valence-electron chi connectivity index (χ0n) is 9.91. The summed E-state index contributed by atoms with van der Waals surface area (Å²) in [5, 5.41) is 0.479. The van der Waals surface area contributed by atoms with Crippen LogP contribution in [-0.4, -0.2) is 0 Å². The highest BCUT2D eigenvalue weighted by atomic mass is 35.5. The fourth-order valence-corrected chi connectivity index (χ4v) is 1.80. The lowest BCUT2D eigenvalue weighted by Gasteiger charge is -2.10. The highest BCUT2D eigenvalue weighted by molar-refractivity contribution is 6.30. The lowest BCUT2D eigenvalue weighted by atomic mass is 10.2. The van der Waals surface area contributed by atoms with E-state index in [0.29, 0.717) is 22.0 Å². The van der Waals surface area contributed by atoms with E-state index in [1.54, 1.807) is 12.1 Å². The van der Waals surface area contributed by atoms with Crippen LogP contribution in [0.15, 0.2) is 36.4 Å². The normalized spacial score (nSPS) is 10.4. The van der Waals surface area contributed by atoms with Gasteiger partial charge in [0.05, 0.1) is 5.69 Å². The molecule has 4 heteroatoms. The molecule has 0 saturated carbocycles. The summed E-state index contributed by atoms with van der Waals surface area (Å²) in [6.07, 6.45) is 0. The Morgan fingerprint density at radius 3 is 2.72 bits per heavy atom. The zero-order chi connectivity index (χ0) is 13.1. The van der Waals surface area contributed by atoms with Gasteiger partial charge >= 0.3 is 0 Å². The Balaban J connectivity index is 2.13. The summed E-state index contributed by atoms with van der Waals surface area (Å²) in [5.41, 5.74) is 7.80. The van der Waals surface area contributed by atoms with Gasteiger partial charge in [0, 0.05) is 10.6 Å². The summed E-state index contributed by atoms with van der Waals surface area (Å²) in [5.74, 6) is 0.199. The molecular weight excluding hydrogens is 253 g/mol. The Labute approximate surface area is 110 Å². The predicted octanol–water partition coefficient (Wildman–Crippen LogP) is 3.95. The second-order valence-corrected chi connectivity index (χ2v) is 4.50. The number of rotatable bonds is 3. The number of anilines is 1. The van der Waals surface area contributed by atoms with E-state index in [2.05, 4.69) is 0 Å². The third kappa shape index (κ3) is 2.93. The van der Waals surface area contributed by atoms with Crippen LogP contribution in [-0.2, 0) is 6.61 Å². The molecule has 0 aromatic heterocycles. The van der Waals surface area contributed by atoms with Crippen LogP contribution in [0.4, 0.5) is 10.1 Å². The Kier molecular flexibility index (Phi) is 3.72. The maximum atomic E-state index is 13.5. The van der Waals surface area contributed by atoms with Crippen LogP contribution >= 0.6 is 11.6 Å². The molecule has 0 radical (unpaired) electrons. The SMILES string of the molecule is Cc1ccc(OCc2cc(Cl)ccc2F)c(N)c1. The van der Waals surface area contributed by atoms with E-state index >= 15 is 0 Å². The minimum atomic E-state index is -0.343. The van der Waals surface area contributed by atoms with Gasteiger partial charge in [-0.05, 0) is 42.8 Å². The monoisotopic (exact) mass is 265 g/mol. The first-order chi connectivity index (χ1) is 8.56. The van der Waals surface area contributed by atoms with Gasteiger partial charge in [-0.25, -0.2) is 4.39 Å². The van der Waals surface area contributed by atoms with Crippen molar-refractivity contribution in [2.75, 3.05) is 5.73 Å². The van der Waals surface area contributed by atoms with Crippen LogP contribution in [0.2, 0.25) is 5.02 Å². The molecule has 2 N–H and O–H groups in total. The number of nitrogen functional groups attached to an aromatic ring is 1. The van der Waals surface area contributed by atoms with Crippen molar-refractivity contribution < 1.29 is 9.13 Å². The number of hydrogen-bond donors (Lipinski definition) is 1. The number of benzene rings is 2. The van der Waals surface area contributed by atoms with Crippen molar-refractivity contribution in [2.24, 2.45) is 0 Å². The van der Waals surface area contributed by atoms with Crippen LogP contribution in [0.25, 0.3) is 0 Å². The van der Waals surface area contributed by atoms with Crippen LogP contribution in [0, 0.1) is 12.7 Å². The molecular formula is C14H13ClFNO. The molecule has 0 aliphatic rings. The highest BCUT2D eigenvalue weighted by Gasteiger charge is 2.06. The van der Waals surface area contributed by atoms with E-state index in [9.17, 15) is 4.39 Å². The predicted molar refractivity (Wildman–Crippen MR) is 71.3 cm³/mol. The Morgan fingerprint density at radius 1 is 1.22 bits per heavy atom. The fourth-order valence-electron chi connectivity index (χ4n) is 1.61. The molecule has 0 atom stereocenters. The van der Waals surface area contributed by atoms with Crippen LogP contribution < -0.4 is 10.5 Å². The Morgan fingerprint density at radius 2 is 2.00 bits per heavy atom. The molecule has 2 rings (SSSR count). The zero-order valence-corrected chi connectivity index (χ0v) is 10.7. The molecule has 0 aliphatic carbocycles. The molecule has 0 amide bonds. The van der Waals surface area contributed by atoms with Gasteiger partial charge in [-0.15, -0.1) is 0 Å². The van der Waals surface area contributed by atoms with Crippen molar-refractivity contribution in [1.82, 2.24) is 0 Å². The highest BCUT2D eigenvalue weighted by Crippen LogP contribution is 2.24. The summed E-state index contributed by atoms with van der Waals surface area (Å²) in [7, 11) is 0. The second-order valence-electron chi connectivity index (χ2n) is 4.07. The van der Waals surface area contributed by atoms with E-state index in [1.807, 2.05) is 19.1 Å². The molecule has 94 valence electrons. The van der Waals surface area contributed by atoms with Gasteiger partial charge in [-0.2, -0.15) is 0 Å². The standard InChI is InChI=1S/C14H13ClFNO/c1-9-2-5-14(13(17)6-9)18-8-10-7-11(15)3-4-12(10)16/h2-7H,8,17H2,1H3. The van der Waals surface area contributed by atoms with Gasteiger partial charge in [-0.1, -0.05) is 17.7 Å². The lowest BCUT2D eigenvalue weighted by molar-refractivity contribution is 0.301. The van der Waals surface area contributed by atoms with Crippen LogP contribution in [0.5, 0.6) is 5.75 Å². The van der Waals surface area contributed by atoms with Crippen molar-refractivity contribution in [1.29, 1.82) is 0 Å². The third-order valence-electron chi connectivity index (χ3n) is 2.56. The third-order valence-corrected chi connectivity index (χ3v) is 2.79. The van der Waals surface area contributed by atoms with E-state index < -0.39 is 0 Å². The van der Waals surface area contributed by atoms with Crippen molar-refractivity contribution >= 4 is 17.3 Å². The van der Waals surface area contributed by atoms with Crippen molar-refractivity contribution in [2.45, 2.75) is 13.5 Å². The molecule has 0 unspecified atom stereocenters. The van der Waals surface area contributed by atoms with Crippen molar-refractivity contribution in [3.63, 3.8) is 0 Å². The first-order valence-corrected chi connectivity index (χ1v) is 5.87. The van der Waals surface area contributed by atoms with Crippen LogP contribution in [0.1, 0.15) is 11.1 Å². The topological polar surface area (TPSA) is 35.2 Å². The van der Waals surface area contributed by atoms with Gasteiger partial charge in [0.1, 0.15) is 18.2 Å². The molecule has 18 heavy (non-hydrogen) atoms. The molecule has 2 nitrogen and oxygen atoms in total. The van der Waals surface area contributed by atoms with Gasteiger partial charge in [0.15, 0.2) is 0 Å². The number of aryl methyl sites for hydroxylation is 1. The molecule has 0 bridgehead atoms.